The van der Waals surface area contributed by atoms with Gasteiger partial charge in [0, 0.05) is 19.2 Å². The van der Waals surface area contributed by atoms with Crippen molar-refractivity contribution >= 4 is 5.91 Å². The molecule has 0 fully saturated rings. The number of benzene rings is 1. The van der Waals surface area contributed by atoms with Gasteiger partial charge in [-0.25, -0.2) is 4.39 Å². The van der Waals surface area contributed by atoms with Crippen LogP contribution < -0.4 is 0 Å². The van der Waals surface area contributed by atoms with Gasteiger partial charge in [-0.3, -0.25) is 4.79 Å². The number of aliphatic hydroxyl groups excluding tert-OH is 1. The predicted octanol–water partition coefficient (Wildman–Crippen LogP) is 2.15. The van der Waals surface area contributed by atoms with Crippen molar-refractivity contribution in [3.8, 4) is 11.3 Å². The highest BCUT2D eigenvalue weighted by Crippen LogP contribution is 2.22. The van der Waals surface area contributed by atoms with E-state index in [1.165, 1.54) is 17.0 Å². The third-order valence-electron chi connectivity index (χ3n) is 2.73. The van der Waals surface area contributed by atoms with Gasteiger partial charge in [-0.2, -0.15) is 0 Å². The number of nitrogens with zero attached hydrogens (tertiary/aromatic N) is 1. The minimum Gasteiger partial charge on any atom is -0.451 e. The number of hydrogen-bond acceptors (Lipinski definition) is 3. The van der Waals surface area contributed by atoms with Crippen molar-refractivity contribution in [1.82, 2.24) is 4.90 Å². The van der Waals surface area contributed by atoms with Crippen LogP contribution >= 0.6 is 0 Å². The fourth-order valence-electron chi connectivity index (χ4n) is 1.66. The second-order valence-electron chi connectivity index (χ2n) is 4.12. The van der Waals surface area contributed by atoms with E-state index >= 15 is 0 Å². The second kappa shape index (κ2) is 5.67. The Hall–Kier alpha value is -2.14. The first-order chi connectivity index (χ1) is 9.11. The van der Waals surface area contributed by atoms with Gasteiger partial charge in [0.1, 0.15) is 11.6 Å². The molecule has 0 saturated carbocycles. The maximum Gasteiger partial charge on any atom is 0.289 e. The molecule has 100 valence electrons. The van der Waals surface area contributed by atoms with E-state index in [9.17, 15) is 9.18 Å². The van der Waals surface area contributed by atoms with E-state index in [-0.39, 0.29) is 30.6 Å². The Kier molecular flexibility index (Phi) is 3.97. The molecule has 1 heterocycles. The summed E-state index contributed by atoms with van der Waals surface area (Å²) in [6, 6.07) is 9.05. The first kappa shape index (κ1) is 13.3. The molecular weight excluding hydrogens is 249 g/mol. The van der Waals surface area contributed by atoms with Gasteiger partial charge in [-0.15, -0.1) is 0 Å². The molecule has 1 aromatic heterocycles. The monoisotopic (exact) mass is 263 g/mol. The lowest BCUT2D eigenvalue weighted by Crippen LogP contribution is -2.29. The van der Waals surface area contributed by atoms with E-state index in [0.717, 1.165) is 0 Å². The number of rotatable bonds is 4. The zero-order valence-corrected chi connectivity index (χ0v) is 10.5. The summed E-state index contributed by atoms with van der Waals surface area (Å²) in [6.45, 7) is 0.138. The van der Waals surface area contributed by atoms with Crippen LogP contribution in [0.25, 0.3) is 11.3 Å². The minimum absolute atomic E-state index is 0.103. The molecule has 0 bridgehead atoms. The van der Waals surface area contributed by atoms with Gasteiger partial charge in [-0.05, 0) is 36.4 Å². The van der Waals surface area contributed by atoms with Crippen LogP contribution in [0.3, 0.4) is 0 Å². The fraction of sp³-hybridized carbons (Fsp3) is 0.214. The van der Waals surface area contributed by atoms with E-state index in [2.05, 4.69) is 0 Å². The van der Waals surface area contributed by atoms with E-state index in [0.29, 0.717) is 11.3 Å². The van der Waals surface area contributed by atoms with Gasteiger partial charge < -0.3 is 14.4 Å². The first-order valence-electron chi connectivity index (χ1n) is 5.84. The second-order valence-corrected chi connectivity index (χ2v) is 4.12. The highest BCUT2D eigenvalue weighted by atomic mass is 19.1. The molecule has 0 atom stereocenters. The Labute approximate surface area is 110 Å². The van der Waals surface area contributed by atoms with Gasteiger partial charge in [0.05, 0.1) is 6.61 Å². The summed E-state index contributed by atoms with van der Waals surface area (Å²) in [5.41, 5.74) is 0.699. The molecule has 19 heavy (non-hydrogen) atoms. The number of carbonyl (C=O) groups is 1. The van der Waals surface area contributed by atoms with Gasteiger partial charge in [-0.1, -0.05) is 0 Å². The summed E-state index contributed by atoms with van der Waals surface area (Å²) < 4.78 is 18.3. The van der Waals surface area contributed by atoms with Gasteiger partial charge in [0.25, 0.3) is 5.91 Å². The average Bonchev–Trinajstić information content (AvgIpc) is 2.88. The molecule has 1 amide bonds. The highest BCUT2D eigenvalue weighted by Gasteiger charge is 2.16. The molecule has 0 aliphatic heterocycles. The van der Waals surface area contributed by atoms with Gasteiger partial charge >= 0.3 is 0 Å². The summed E-state index contributed by atoms with van der Waals surface area (Å²) in [5, 5.41) is 8.78. The molecule has 0 spiro atoms. The van der Waals surface area contributed by atoms with Gasteiger partial charge in [0.2, 0.25) is 0 Å². The molecule has 5 heteroatoms. The van der Waals surface area contributed by atoms with Crippen molar-refractivity contribution in [2.75, 3.05) is 20.2 Å². The minimum atomic E-state index is -0.325. The summed E-state index contributed by atoms with van der Waals surface area (Å²) in [6.07, 6.45) is 0. The van der Waals surface area contributed by atoms with Crippen molar-refractivity contribution < 1.29 is 18.7 Å². The van der Waals surface area contributed by atoms with E-state index in [1.807, 2.05) is 0 Å². The Morgan fingerprint density at radius 1 is 1.26 bits per heavy atom. The van der Waals surface area contributed by atoms with Gasteiger partial charge in [0.15, 0.2) is 5.76 Å². The van der Waals surface area contributed by atoms with Crippen molar-refractivity contribution in [2.24, 2.45) is 0 Å². The van der Waals surface area contributed by atoms with Crippen LogP contribution in [0, 0.1) is 5.82 Å². The predicted molar refractivity (Wildman–Crippen MR) is 68.1 cm³/mol. The molecular formula is C14H14FNO3. The zero-order chi connectivity index (χ0) is 13.8. The van der Waals surface area contributed by atoms with Crippen LogP contribution in [-0.2, 0) is 0 Å². The third-order valence-corrected chi connectivity index (χ3v) is 2.73. The maximum absolute atomic E-state index is 12.8. The maximum atomic E-state index is 12.8. The molecule has 0 aliphatic rings. The molecule has 1 N–H and O–H groups in total. The molecule has 0 aliphatic carbocycles. The molecule has 2 aromatic rings. The number of hydrogen-bond donors (Lipinski definition) is 1. The van der Waals surface area contributed by atoms with Crippen molar-refractivity contribution in [2.45, 2.75) is 0 Å². The number of aliphatic hydroxyl groups is 1. The Morgan fingerprint density at radius 3 is 2.58 bits per heavy atom. The topological polar surface area (TPSA) is 53.7 Å². The molecule has 2 rings (SSSR count). The van der Waals surface area contributed by atoms with Crippen molar-refractivity contribution in [3.05, 3.63) is 48.0 Å². The number of likely N-dealkylation sites (N-methyl/N-ethyl adjacent to an activating group) is 1. The molecule has 0 unspecified atom stereocenters. The standard InChI is InChI=1S/C14H14FNO3/c1-16(8-9-17)14(18)13-7-6-12(19-13)10-2-4-11(15)5-3-10/h2-7,17H,8-9H2,1H3. The van der Waals surface area contributed by atoms with Crippen LogP contribution in [0.15, 0.2) is 40.8 Å². The Morgan fingerprint density at radius 2 is 1.95 bits per heavy atom. The largest absolute Gasteiger partial charge is 0.451 e. The fourth-order valence-corrected chi connectivity index (χ4v) is 1.66. The van der Waals surface area contributed by atoms with Crippen LogP contribution in [0.4, 0.5) is 4.39 Å². The average molecular weight is 263 g/mol. The summed E-state index contributed by atoms with van der Waals surface area (Å²) in [7, 11) is 1.58. The summed E-state index contributed by atoms with van der Waals surface area (Å²) >= 11 is 0. The van der Waals surface area contributed by atoms with Crippen molar-refractivity contribution in [1.29, 1.82) is 0 Å². The Bertz CT molecular complexity index is 562. The highest BCUT2D eigenvalue weighted by molar-refractivity contribution is 5.91. The first-order valence-corrected chi connectivity index (χ1v) is 5.84. The Balaban J connectivity index is 2.19. The third kappa shape index (κ3) is 3.00. The normalized spacial score (nSPS) is 10.5. The van der Waals surface area contributed by atoms with E-state index in [1.54, 1.807) is 31.3 Å². The van der Waals surface area contributed by atoms with Crippen LogP contribution in [0.5, 0.6) is 0 Å². The number of carbonyl (C=O) groups excluding carboxylic acids is 1. The smallest absolute Gasteiger partial charge is 0.289 e. The van der Waals surface area contributed by atoms with Crippen LogP contribution in [-0.4, -0.2) is 36.1 Å². The molecule has 4 nitrogen and oxygen atoms in total. The molecule has 0 radical (unpaired) electrons. The lowest BCUT2D eigenvalue weighted by Gasteiger charge is -2.13. The zero-order valence-electron chi connectivity index (χ0n) is 10.5. The SMILES string of the molecule is CN(CCO)C(=O)c1ccc(-c2ccc(F)cc2)o1. The van der Waals surface area contributed by atoms with Crippen LogP contribution in [0.2, 0.25) is 0 Å². The lowest BCUT2D eigenvalue weighted by atomic mass is 10.2. The lowest BCUT2D eigenvalue weighted by molar-refractivity contribution is 0.0736. The summed E-state index contributed by atoms with van der Waals surface area (Å²) in [4.78, 5) is 13.3. The van der Waals surface area contributed by atoms with E-state index < -0.39 is 0 Å². The summed E-state index contributed by atoms with van der Waals surface area (Å²) in [5.74, 6) is 0.0627. The number of furan rings is 1. The molecule has 0 saturated heterocycles. The van der Waals surface area contributed by atoms with Crippen molar-refractivity contribution in [3.63, 3.8) is 0 Å². The molecule has 1 aromatic carbocycles. The number of halogens is 1. The quantitative estimate of drug-likeness (QED) is 0.919. The van der Waals surface area contributed by atoms with E-state index in [4.69, 9.17) is 9.52 Å². The van der Waals surface area contributed by atoms with Crippen LogP contribution in [0.1, 0.15) is 10.6 Å². The number of amides is 1.